The van der Waals surface area contributed by atoms with Gasteiger partial charge in [0, 0.05) is 23.0 Å². The predicted octanol–water partition coefficient (Wildman–Crippen LogP) is 2.41. The molecule has 1 aliphatic carbocycles. The number of carboxylic acid groups (broad SMARTS) is 1. The summed E-state index contributed by atoms with van der Waals surface area (Å²) in [6.45, 7) is 2.81. The van der Waals surface area contributed by atoms with Crippen molar-refractivity contribution in [2.24, 2.45) is 5.92 Å². The van der Waals surface area contributed by atoms with Crippen molar-refractivity contribution >= 4 is 17.7 Å². The molecular formula is C14H20N2O2S. The molecule has 1 saturated carbocycles. The fourth-order valence-corrected chi connectivity index (χ4v) is 3.35. The molecule has 0 spiro atoms. The Morgan fingerprint density at radius 1 is 1.53 bits per heavy atom. The van der Waals surface area contributed by atoms with E-state index in [0.717, 1.165) is 30.7 Å². The molecule has 1 unspecified atom stereocenters. The maximum Gasteiger partial charge on any atom is 0.325 e. The Bertz CT molecular complexity index is 423. The number of hydrogen-bond donors (Lipinski definition) is 2. The highest BCUT2D eigenvalue weighted by Crippen LogP contribution is 2.42. The molecule has 0 bridgehead atoms. The van der Waals surface area contributed by atoms with Gasteiger partial charge in [0.1, 0.15) is 5.54 Å². The van der Waals surface area contributed by atoms with Gasteiger partial charge in [-0.2, -0.15) is 0 Å². The summed E-state index contributed by atoms with van der Waals surface area (Å²) in [5, 5.41) is 12.9. The van der Waals surface area contributed by atoms with Crippen LogP contribution < -0.4 is 5.32 Å². The Kier molecular flexibility index (Phi) is 4.82. The van der Waals surface area contributed by atoms with Crippen molar-refractivity contribution in [3.63, 3.8) is 0 Å². The molecule has 5 heteroatoms. The molecule has 4 nitrogen and oxygen atoms in total. The molecule has 0 amide bonds. The van der Waals surface area contributed by atoms with Crippen molar-refractivity contribution in [3.8, 4) is 0 Å². The summed E-state index contributed by atoms with van der Waals surface area (Å²) in [5.41, 5.74) is -0.774. The highest BCUT2D eigenvalue weighted by molar-refractivity contribution is 7.99. The molecule has 2 rings (SSSR count). The molecule has 1 aliphatic rings. The topological polar surface area (TPSA) is 62.2 Å². The minimum atomic E-state index is -0.774. The van der Waals surface area contributed by atoms with Crippen LogP contribution in [0.3, 0.4) is 0 Å². The van der Waals surface area contributed by atoms with Crippen molar-refractivity contribution in [1.82, 2.24) is 10.3 Å². The third kappa shape index (κ3) is 3.48. The van der Waals surface area contributed by atoms with Gasteiger partial charge >= 0.3 is 5.97 Å². The Labute approximate surface area is 118 Å². The van der Waals surface area contributed by atoms with E-state index in [9.17, 15) is 9.90 Å². The second-order valence-electron chi connectivity index (χ2n) is 4.95. The highest BCUT2D eigenvalue weighted by atomic mass is 32.2. The molecule has 1 heterocycles. The van der Waals surface area contributed by atoms with Gasteiger partial charge in [-0.05, 0) is 43.9 Å². The van der Waals surface area contributed by atoms with Crippen molar-refractivity contribution in [1.29, 1.82) is 0 Å². The van der Waals surface area contributed by atoms with Crippen molar-refractivity contribution < 1.29 is 9.90 Å². The maximum absolute atomic E-state index is 11.7. The van der Waals surface area contributed by atoms with Crippen LogP contribution in [0.2, 0.25) is 0 Å². The summed E-state index contributed by atoms with van der Waals surface area (Å²) < 4.78 is 0. The van der Waals surface area contributed by atoms with Crippen molar-refractivity contribution in [3.05, 3.63) is 24.5 Å². The van der Waals surface area contributed by atoms with Gasteiger partial charge in [-0.25, -0.2) is 0 Å². The third-order valence-electron chi connectivity index (χ3n) is 3.46. The molecule has 0 aromatic carbocycles. The molecule has 104 valence electrons. The smallest absolute Gasteiger partial charge is 0.325 e. The zero-order valence-corrected chi connectivity index (χ0v) is 11.9. The lowest BCUT2D eigenvalue weighted by Crippen LogP contribution is -2.56. The minimum absolute atomic E-state index is 0.269. The van der Waals surface area contributed by atoms with E-state index in [1.807, 2.05) is 12.1 Å². The molecular weight excluding hydrogens is 260 g/mol. The Hall–Kier alpha value is -1.07. The maximum atomic E-state index is 11.7. The number of aliphatic carboxylic acids is 1. The first-order chi connectivity index (χ1) is 9.19. The fourth-order valence-electron chi connectivity index (χ4n) is 2.18. The number of hydrogen-bond acceptors (Lipinski definition) is 4. The number of carbonyl (C=O) groups is 1. The Morgan fingerprint density at radius 3 is 2.74 bits per heavy atom. The monoisotopic (exact) mass is 280 g/mol. The highest BCUT2D eigenvalue weighted by Gasteiger charge is 2.50. The van der Waals surface area contributed by atoms with Gasteiger partial charge in [0.05, 0.1) is 0 Å². The van der Waals surface area contributed by atoms with Gasteiger partial charge in [-0.1, -0.05) is 6.92 Å². The van der Waals surface area contributed by atoms with Crippen molar-refractivity contribution in [2.45, 2.75) is 36.6 Å². The normalized spacial score (nSPS) is 17.9. The second kappa shape index (κ2) is 6.39. The van der Waals surface area contributed by atoms with E-state index in [4.69, 9.17) is 0 Å². The van der Waals surface area contributed by atoms with Crippen LogP contribution in [0.4, 0.5) is 0 Å². The van der Waals surface area contributed by atoms with Crippen LogP contribution >= 0.6 is 11.8 Å². The molecule has 1 aromatic heterocycles. The fraction of sp³-hybridized carbons (Fsp3) is 0.571. The third-order valence-corrected chi connectivity index (χ3v) is 4.67. The summed E-state index contributed by atoms with van der Waals surface area (Å²) in [6, 6.07) is 3.84. The second-order valence-corrected chi connectivity index (χ2v) is 6.00. The molecule has 1 aromatic rings. The van der Waals surface area contributed by atoms with E-state index >= 15 is 0 Å². The number of rotatable bonds is 8. The van der Waals surface area contributed by atoms with Crippen LogP contribution in [0.15, 0.2) is 29.4 Å². The van der Waals surface area contributed by atoms with Gasteiger partial charge in [-0.15, -0.1) is 11.8 Å². The summed E-state index contributed by atoms with van der Waals surface area (Å²) in [6.07, 6.45) is 6.45. The average Bonchev–Trinajstić information content (AvgIpc) is 3.25. The van der Waals surface area contributed by atoms with Gasteiger partial charge in [-0.3, -0.25) is 9.78 Å². The summed E-state index contributed by atoms with van der Waals surface area (Å²) >= 11 is 1.59. The van der Waals surface area contributed by atoms with Gasteiger partial charge in [0.15, 0.2) is 0 Å². The first kappa shape index (κ1) is 14.3. The lowest BCUT2D eigenvalue weighted by atomic mass is 9.95. The first-order valence-electron chi connectivity index (χ1n) is 6.70. The SMILES string of the molecule is CCCNC(CSc1ccncc1)(C(=O)O)C1CC1. The van der Waals surface area contributed by atoms with Crippen LogP contribution in [-0.4, -0.2) is 33.9 Å². The summed E-state index contributed by atoms with van der Waals surface area (Å²) in [7, 11) is 0. The predicted molar refractivity (Wildman–Crippen MR) is 76.3 cm³/mol. The molecule has 19 heavy (non-hydrogen) atoms. The standard InChI is InChI=1S/C14H20N2O2S/c1-2-7-16-14(13(17)18,11-3-4-11)10-19-12-5-8-15-9-6-12/h5-6,8-9,11,16H,2-4,7,10H2,1H3,(H,17,18). The molecule has 2 N–H and O–H groups in total. The molecule has 0 radical (unpaired) electrons. The van der Waals surface area contributed by atoms with Gasteiger partial charge in [0.2, 0.25) is 0 Å². The Balaban J connectivity index is 2.06. The van der Waals surface area contributed by atoms with Crippen LogP contribution in [0.25, 0.3) is 0 Å². The number of nitrogens with one attached hydrogen (secondary N) is 1. The van der Waals surface area contributed by atoms with Crippen LogP contribution in [0.1, 0.15) is 26.2 Å². The van der Waals surface area contributed by atoms with Gasteiger partial charge in [0.25, 0.3) is 0 Å². The molecule has 1 fully saturated rings. The van der Waals surface area contributed by atoms with E-state index in [-0.39, 0.29) is 5.92 Å². The largest absolute Gasteiger partial charge is 0.480 e. The van der Waals surface area contributed by atoms with E-state index in [1.54, 1.807) is 24.2 Å². The van der Waals surface area contributed by atoms with Crippen molar-refractivity contribution in [2.75, 3.05) is 12.3 Å². The average molecular weight is 280 g/mol. The number of pyridine rings is 1. The van der Waals surface area contributed by atoms with Crippen LogP contribution in [0.5, 0.6) is 0 Å². The quantitative estimate of drug-likeness (QED) is 0.716. The van der Waals surface area contributed by atoms with E-state index in [1.165, 1.54) is 0 Å². The summed E-state index contributed by atoms with van der Waals surface area (Å²) in [4.78, 5) is 16.8. The zero-order valence-electron chi connectivity index (χ0n) is 11.1. The summed E-state index contributed by atoms with van der Waals surface area (Å²) in [5.74, 6) is 0.118. The van der Waals surface area contributed by atoms with E-state index in [2.05, 4.69) is 17.2 Å². The molecule has 0 saturated heterocycles. The number of carboxylic acids is 1. The molecule has 1 atom stereocenters. The lowest BCUT2D eigenvalue weighted by Gasteiger charge is -2.30. The lowest BCUT2D eigenvalue weighted by molar-refractivity contribution is -0.144. The van der Waals surface area contributed by atoms with Crippen LogP contribution in [-0.2, 0) is 4.79 Å². The van der Waals surface area contributed by atoms with Gasteiger partial charge < -0.3 is 10.4 Å². The van der Waals surface area contributed by atoms with E-state index in [0.29, 0.717) is 5.75 Å². The number of aromatic nitrogens is 1. The number of nitrogens with zero attached hydrogens (tertiary/aromatic N) is 1. The first-order valence-corrected chi connectivity index (χ1v) is 7.69. The molecule has 0 aliphatic heterocycles. The van der Waals surface area contributed by atoms with Crippen LogP contribution in [0, 0.1) is 5.92 Å². The minimum Gasteiger partial charge on any atom is -0.480 e. The van der Waals surface area contributed by atoms with E-state index < -0.39 is 11.5 Å². The zero-order chi connectivity index (χ0) is 13.7. The number of thioether (sulfide) groups is 1. The Morgan fingerprint density at radius 2 is 2.21 bits per heavy atom.